The van der Waals surface area contributed by atoms with E-state index in [1.54, 1.807) is 18.2 Å². The first-order valence-electron chi connectivity index (χ1n) is 6.13. The van der Waals surface area contributed by atoms with Crippen LogP contribution in [0.3, 0.4) is 0 Å². The lowest BCUT2D eigenvalue weighted by Crippen LogP contribution is -1.94. The first-order chi connectivity index (χ1) is 9.11. The number of halogens is 1. The summed E-state index contributed by atoms with van der Waals surface area (Å²) in [6.45, 7) is 4.23. The minimum Gasteiger partial charge on any atom is -0.457 e. The number of hydrogen-bond acceptors (Lipinski definition) is 2. The monoisotopic (exact) mass is 274 g/mol. The molecule has 19 heavy (non-hydrogen) atoms. The molecule has 0 aromatic heterocycles. The highest BCUT2D eigenvalue weighted by Gasteiger charge is 2.09. The zero-order chi connectivity index (χ0) is 13.8. The Labute approximate surface area is 118 Å². The van der Waals surface area contributed by atoms with E-state index in [2.05, 4.69) is 13.8 Å². The van der Waals surface area contributed by atoms with Crippen LogP contribution >= 0.6 is 11.6 Å². The summed E-state index contributed by atoms with van der Waals surface area (Å²) in [5.41, 5.74) is 1.60. The molecule has 0 fully saturated rings. The molecule has 0 spiro atoms. The minimum atomic E-state index is 0.376. The normalized spacial score (nSPS) is 10.5. The second-order valence-electron chi connectivity index (χ2n) is 4.60. The van der Waals surface area contributed by atoms with Gasteiger partial charge < -0.3 is 4.74 Å². The molecule has 2 aromatic carbocycles. The molecule has 98 valence electrons. The fourth-order valence-corrected chi connectivity index (χ4v) is 2.06. The van der Waals surface area contributed by atoms with Gasteiger partial charge in [0.15, 0.2) is 6.29 Å². The van der Waals surface area contributed by atoms with Crippen LogP contribution in [0.2, 0.25) is 5.02 Å². The van der Waals surface area contributed by atoms with Crippen LogP contribution in [0.4, 0.5) is 0 Å². The Morgan fingerprint density at radius 3 is 2.53 bits per heavy atom. The number of carbonyl (C=O) groups is 1. The number of para-hydroxylation sites is 1. The highest BCUT2D eigenvalue weighted by Crippen LogP contribution is 2.31. The van der Waals surface area contributed by atoms with Crippen molar-refractivity contribution in [2.45, 2.75) is 19.8 Å². The quantitative estimate of drug-likeness (QED) is 0.728. The Hall–Kier alpha value is -1.80. The maximum Gasteiger partial charge on any atom is 0.151 e. The first kappa shape index (κ1) is 13.6. The number of carbonyl (C=O) groups excluding carboxylic acids is 1. The van der Waals surface area contributed by atoms with E-state index in [0.717, 1.165) is 17.6 Å². The third-order valence-corrected chi connectivity index (χ3v) is 3.20. The number of ether oxygens (including phenoxy) is 1. The van der Waals surface area contributed by atoms with Gasteiger partial charge in [-0.25, -0.2) is 0 Å². The van der Waals surface area contributed by atoms with Crippen LogP contribution < -0.4 is 4.74 Å². The van der Waals surface area contributed by atoms with Crippen molar-refractivity contribution >= 4 is 17.9 Å². The Balaban J connectivity index is 2.31. The standard InChI is InChI=1S/C16H15ClO2/c1-11(2)14-5-3-4-6-16(14)19-13-8-7-12(10-18)15(17)9-13/h3-11H,1-2H3. The number of hydrogen-bond donors (Lipinski definition) is 0. The van der Waals surface area contributed by atoms with E-state index < -0.39 is 0 Å². The molecular formula is C16H15ClO2. The number of aldehydes is 1. The molecular weight excluding hydrogens is 260 g/mol. The lowest BCUT2D eigenvalue weighted by Gasteiger charge is -2.13. The number of benzene rings is 2. The minimum absolute atomic E-state index is 0.376. The van der Waals surface area contributed by atoms with Crippen molar-refractivity contribution in [3.8, 4) is 11.5 Å². The van der Waals surface area contributed by atoms with E-state index in [1.807, 2.05) is 24.3 Å². The zero-order valence-electron chi connectivity index (χ0n) is 10.9. The molecule has 3 heteroatoms. The van der Waals surface area contributed by atoms with Crippen molar-refractivity contribution in [3.05, 3.63) is 58.6 Å². The average Bonchev–Trinajstić information content (AvgIpc) is 2.39. The molecule has 0 radical (unpaired) electrons. The smallest absolute Gasteiger partial charge is 0.151 e. The zero-order valence-corrected chi connectivity index (χ0v) is 11.6. The molecule has 0 atom stereocenters. The maximum absolute atomic E-state index is 10.7. The van der Waals surface area contributed by atoms with Crippen molar-refractivity contribution in [1.29, 1.82) is 0 Å². The van der Waals surface area contributed by atoms with E-state index in [9.17, 15) is 4.79 Å². The van der Waals surface area contributed by atoms with Crippen LogP contribution in [0.25, 0.3) is 0 Å². The van der Waals surface area contributed by atoms with E-state index in [1.165, 1.54) is 0 Å². The summed E-state index contributed by atoms with van der Waals surface area (Å²) in [6, 6.07) is 12.9. The molecule has 0 saturated heterocycles. The first-order valence-corrected chi connectivity index (χ1v) is 6.51. The third-order valence-electron chi connectivity index (χ3n) is 2.87. The van der Waals surface area contributed by atoms with Crippen LogP contribution in [-0.2, 0) is 0 Å². The third kappa shape index (κ3) is 3.15. The molecule has 0 unspecified atom stereocenters. The fourth-order valence-electron chi connectivity index (χ4n) is 1.84. The van der Waals surface area contributed by atoms with Gasteiger partial charge >= 0.3 is 0 Å². The second-order valence-corrected chi connectivity index (χ2v) is 5.00. The molecule has 0 aliphatic heterocycles. The summed E-state index contributed by atoms with van der Waals surface area (Å²) in [6.07, 6.45) is 0.730. The molecule has 0 amide bonds. The van der Waals surface area contributed by atoms with E-state index in [4.69, 9.17) is 16.3 Å². The van der Waals surface area contributed by atoms with Crippen LogP contribution in [0, 0.1) is 0 Å². The van der Waals surface area contributed by atoms with Crippen LogP contribution in [0.5, 0.6) is 11.5 Å². The fraction of sp³-hybridized carbons (Fsp3) is 0.188. The summed E-state index contributed by atoms with van der Waals surface area (Å²) >= 11 is 5.99. The van der Waals surface area contributed by atoms with Gasteiger partial charge in [0.05, 0.1) is 5.02 Å². The SMILES string of the molecule is CC(C)c1ccccc1Oc1ccc(C=O)c(Cl)c1. The van der Waals surface area contributed by atoms with Crippen molar-refractivity contribution < 1.29 is 9.53 Å². The summed E-state index contributed by atoms with van der Waals surface area (Å²) < 4.78 is 5.85. The summed E-state index contributed by atoms with van der Waals surface area (Å²) in [4.78, 5) is 10.7. The lowest BCUT2D eigenvalue weighted by atomic mass is 10.0. The van der Waals surface area contributed by atoms with Crippen LogP contribution in [0.1, 0.15) is 35.7 Å². The summed E-state index contributed by atoms with van der Waals surface area (Å²) in [5, 5.41) is 0.398. The highest BCUT2D eigenvalue weighted by molar-refractivity contribution is 6.33. The van der Waals surface area contributed by atoms with Gasteiger partial charge in [-0.1, -0.05) is 43.6 Å². The predicted octanol–water partition coefficient (Wildman–Crippen LogP) is 5.07. The van der Waals surface area contributed by atoms with Gasteiger partial charge in [0.1, 0.15) is 11.5 Å². The maximum atomic E-state index is 10.7. The molecule has 2 rings (SSSR count). The van der Waals surface area contributed by atoms with Crippen molar-refractivity contribution in [3.63, 3.8) is 0 Å². The largest absolute Gasteiger partial charge is 0.457 e. The Bertz CT molecular complexity index is 591. The van der Waals surface area contributed by atoms with Crippen molar-refractivity contribution in [2.75, 3.05) is 0 Å². The molecule has 0 aliphatic rings. The molecule has 2 nitrogen and oxygen atoms in total. The Kier molecular flexibility index (Phi) is 4.23. The lowest BCUT2D eigenvalue weighted by molar-refractivity contribution is 0.112. The second kappa shape index (κ2) is 5.89. The summed E-state index contributed by atoms with van der Waals surface area (Å²) in [5.74, 6) is 1.82. The van der Waals surface area contributed by atoms with Gasteiger partial charge in [-0.3, -0.25) is 4.79 Å². The van der Waals surface area contributed by atoms with Crippen molar-refractivity contribution in [1.82, 2.24) is 0 Å². The van der Waals surface area contributed by atoms with Gasteiger partial charge in [0.25, 0.3) is 0 Å². The molecule has 0 heterocycles. The molecule has 0 bridgehead atoms. The molecule has 0 saturated carbocycles. The van der Waals surface area contributed by atoms with Crippen LogP contribution in [0.15, 0.2) is 42.5 Å². The molecule has 0 N–H and O–H groups in total. The summed E-state index contributed by atoms with van der Waals surface area (Å²) in [7, 11) is 0. The van der Waals surface area contributed by atoms with Gasteiger partial charge in [0, 0.05) is 11.6 Å². The highest BCUT2D eigenvalue weighted by atomic mass is 35.5. The molecule has 0 aliphatic carbocycles. The average molecular weight is 275 g/mol. The van der Waals surface area contributed by atoms with Gasteiger partial charge in [-0.2, -0.15) is 0 Å². The van der Waals surface area contributed by atoms with Gasteiger partial charge in [-0.15, -0.1) is 0 Å². The van der Waals surface area contributed by atoms with Gasteiger partial charge in [0.2, 0.25) is 0 Å². The Morgan fingerprint density at radius 1 is 1.16 bits per heavy atom. The number of rotatable bonds is 4. The molecule has 2 aromatic rings. The predicted molar refractivity (Wildman–Crippen MR) is 77.4 cm³/mol. The van der Waals surface area contributed by atoms with E-state index in [0.29, 0.717) is 22.3 Å². The van der Waals surface area contributed by atoms with Crippen LogP contribution in [-0.4, -0.2) is 6.29 Å². The Morgan fingerprint density at radius 2 is 1.89 bits per heavy atom. The van der Waals surface area contributed by atoms with E-state index >= 15 is 0 Å². The van der Waals surface area contributed by atoms with Gasteiger partial charge in [-0.05, 0) is 29.7 Å². The van der Waals surface area contributed by atoms with E-state index in [-0.39, 0.29) is 0 Å². The topological polar surface area (TPSA) is 26.3 Å². The van der Waals surface area contributed by atoms with Crippen molar-refractivity contribution in [2.24, 2.45) is 0 Å².